The highest BCUT2D eigenvalue weighted by Gasteiger charge is 2.53. The number of para-hydroxylation sites is 2. The topological polar surface area (TPSA) is 56.6 Å². The van der Waals surface area contributed by atoms with Crippen molar-refractivity contribution in [3.63, 3.8) is 0 Å². The Kier molecular flexibility index (Phi) is 7.46. The van der Waals surface area contributed by atoms with Crippen molar-refractivity contribution in [2.45, 2.75) is 52.7 Å². The number of nitrogens with zero attached hydrogens (tertiary/aromatic N) is 3. The Labute approximate surface area is 247 Å². The molecule has 3 heterocycles. The normalized spacial score (nSPS) is 16.0. The van der Waals surface area contributed by atoms with Crippen LogP contribution in [0, 0.1) is 6.92 Å². The van der Waals surface area contributed by atoms with Gasteiger partial charge in [-0.1, -0.05) is 55.8 Å². The summed E-state index contributed by atoms with van der Waals surface area (Å²) in [7, 11) is 0. The van der Waals surface area contributed by atoms with Crippen LogP contribution in [0.25, 0.3) is 10.9 Å². The second kappa shape index (κ2) is 11.4. The molecule has 214 valence electrons. The lowest BCUT2D eigenvalue weighted by Crippen LogP contribution is -2.31. The number of fused-ring (bicyclic) bond motifs is 2. The van der Waals surface area contributed by atoms with Crippen molar-refractivity contribution in [3.05, 3.63) is 119 Å². The predicted octanol–water partition coefficient (Wildman–Crippen LogP) is 8.16. The lowest BCUT2D eigenvalue weighted by Gasteiger charge is -2.33. The van der Waals surface area contributed by atoms with Crippen LogP contribution in [0.5, 0.6) is 5.75 Å². The number of anilines is 2. The number of cyclic esters (lactones) is 1. The van der Waals surface area contributed by atoms with Gasteiger partial charge in [-0.25, -0.2) is 9.78 Å². The maximum Gasteiger partial charge on any atom is 0.358 e. The van der Waals surface area contributed by atoms with Crippen LogP contribution >= 0.6 is 0 Å². The zero-order chi connectivity index (χ0) is 29.3. The molecular formula is C36H37N3O3. The van der Waals surface area contributed by atoms with E-state index in [1.54, 1.807) is 6.20 Å². The van der Waals surface area contributed by atoms with Gasteiger partial charge in [-0.05, 0) is 63.6 Å². The standard InChI is InChI=1S/C36H37N3O3/c1-5-8-23-41-32-24-27(39(7-3)26-15-10-9-11-16-26)20-21-29(32)36(30-18-14-22-37-34(30)35(40)42-36)33-25(4)38(6-2)31-19-13-12-17-28(31)33/h9-22,24H,5-8,23H2,1-4H3. The SMILES string of the molecule is CCCCOc1cc(N(CC)c2ccccc2)ccc1C1(c2c(C)n(CC)c3ccccc23)OC(=O)c2ncccc21. The van der Waals surface area contributed by atoms with E-state index in [4.69, 9.17) is 9.47 Å². The molecular weight excluding hydrogens is 522 g/mol. The molecule has 2 aromatic heterocycles. The fourth-order valence-corrected chi connectivity index (χ4v) is 6.44. The van der Waals surface area contributed by atoms with Crippen LogP contribution in [-0.2, 0) is 16.9 Å². The number of carbonyl (C=O) groups is 1. The van der Waals surface area contributed by atoms with E-state index in [0.717, 1.165) is 70.6 Å². The van der Waals surface area contributed by atoms with Gasteiger partial charge in [0.1, 0.15) is 5.75 Å². The van der Waals surface area contributed by atoms with Crippen molar-refractivity contribution in [2.75, 3.05) is 18.1 Å². The Balaban J connectivity index is 1.66. The van der Waals surface area contributed by atoms with Crippen LogP contribution in [0.15, 0.2) is 91.1 Å². The monoisotopic (exact) mass is 559 g/mol. The van der Waals surface area contributed by atoms with Gasteiger partial charge in [0.25, 0.3) is 0 Å². The maximum absolute atomic E-state index is 13.6. The zero-order valence-electron chi connectivity index (χ0n) is 24.8. The fraction of sp³-hybridized carbons (Fsp3) is 0.278. The minimum Gasteiger partial charge on any atom is -0.493 e. The minimum absolute atomic E-state index is 0.341. The number of hydrogen-bond donors (Lipinski definition) is 0. The molecule has 1 aliphatic heterocycles. The molecule has 0 fully saturated rings. The van der Waals surface area contributed by atoms with E-state index in [9.17, 15) is 4.79 Å². The summed E-state index contributed by atoms with van der Waals surface area (Å²) in [5.41, 5.74) is 5.86. The van der Waals surface area contributed by atoms with Crippen molar-refractivity contribution < 1.29 is 14.3 Å². The molecule has 42 heavy (non-hydrogen) atoms. The number of hydrogen-bond acceptors (Lipinski definition) is 5. The van der Waals surface area contributed by atoms with E-state index in [1.807, 2.05) is 36.4 Å². The van der Waals surface area contributed by atoms with Gasteiger partial charge in [0, 0.05) is 70.0 Å². The second-order valence-electron chi connectivity index (χ2n) is 10.7. The molecule has 0 saturated carbocycles. The average Bonchev–Trinajstić information content (AvgIpc) is 3.48. The quantitative estimate of drug-likeness (QED) is 0.128. The summed E-state index contributed by atoms with van der Waals surface area (Å²) in [6.07, 6.45) is 3.58. The molecule has 0 saturated heterocycles. The first kappa shape index (κ1) is 27.6. The summed E-state index contributed by atoms with van der Waals surface area (Å²) in [6.45, 7) is 10.7. The van der Waals surface area contributed by atoms with Crippen LogP contribution in [-0.4, -0.2) is 28.7 Å². The number of esters is 1. The first-order valence-corrected chi connectivity index (χ1v) is 14.9. The maximum atomic E-state index is 13.6. The molecule has 1 unspecified atom stereocenters. The summed E-state index contributed by atoms with van der Waals surface area (Å²) in [6, 6.07) is 28.8. The lowest BCUT2D eigenvalue weighted by atomic mass is 9.78. The Hall–Kier alpha value is -4.58. The Bertz CT molecular complexity index is 1740. The van der Waals surface area contributed by atoms with Crippen molar-refractivity contribution in [1.82, 2.24) is 9.55 Å². The van der Waals surface area contributed by atoms with E-state index < -0.39 is 11.6 Å². The first-order valence-electron chi connectivity index (χ1n) is 14.9. The van der Waals surface area contributed by atoms with E-state index in [1.165, 1.54) is 0 Å². The number of rotatable bonds is 10. The number of pyridine rings is 1. The van der Waals surface area contributed by atoms with Gasteiger partial charge in [-0.15, -0.1) is 0 Å². The predicted molar refractivity (Wildman–Crippen MR) is 168 cm³/mol. The van der Waals surface area contributed by atoms with E-state index in [2.05, 4.69) is 90.7 Å². The number of aryl methyl sites for hydroxylation is 1. The van der Waals surface area contributed by atoms with Crippen LogP contribution in [0.4, 0.5) is 11.4 Å². The van der Waals surface area contributed by atoms with Crippen LogP contribution in [0.2, 0.25) is 0 Å². The Morgan fingerprint density at radius 3 is 2.45 bits per heavy atom. The molecule has 5 aromatic rings. The third kappa shape index (κ3) is 4.33. The van der Waals surface area contributed by atoms with Crippen molar-refractivity contribution in [2.24, 2.45) is 0 Å². The summed E-state index contributed by atoms with van der Waals surface area (Å²) < 4.78 is 15.5. The highest BCUT2D eigenvalue weighted by atomic mass is 16.6. The highest BCUT2D eigenvalue weighted by Crippen LogP contribution is 2.53. The number of carbonyl (C=O) groups excluding carboxylic acids is 1. The van der Waals surface area contributed by atoms with E-state index in [-0.39, 0.29) is 0 Å². The molecule has 1 aliphatic rings. The number of ether oxygens (including phenoxy) is 2. The molecule has 0 bridgehead atoms. The van der Waals surface area contributed by atoms with Gasteiger partial charge in [0.05, 0.1) is 6.61 Å². The largest absolute Gasteiger partial charge is 0.493 e. The summed E-state index contributed by atoms with van der Waals surface area (Å²) >= 11 is 0. The van der Waals surface area contributed by atoms with Gasteiger partial charge < -0.3 is 18.9 Å². The average molecular weight is 560 g/mol. The molecule has 0 N–H and O–H groups in total. The summed E-state index contributed by atoms with van der Waals surface area (Å²) in [5.74, 6) is 0.272. The fourth-order valence-electron chi connectivity index (χ4n) is 6.44. The van der Waals surface area contributed by atoms with Crippen LogP contribution in [0.1, 0.15) is 66.5 Å². The van der Waals surface area contributed by atoms with Crippen molar-refractivity contribution in [1.29, 1.82) is 0 Å². The van der Waals surface area contributed by atoms with Gasteiger partial charge in [0.2, 0.25) is 0 Å². The summed E-state index contributed by atoms with van der Waals surface area (Å²) in [4.78, 5) is 20.3. The third-order valence-corrected chi connectivity index (χ3v) is 8.32. The molecule has 1 atom stereocenters. The number of aromatic nitrogens is 2. The molecule has 6 heteroatoms. The second-order valence-corrected chi connectivity index (χ2v) is 10.7. The van der Waals surface area contributed by atoms with Crippen LogP contribution in [0.3, 0.4) is 0 Å². The number of benzene rings is 3. The lowest BCUT2D eigenvalue weighted by molar-refractivity contribution is 0.0243. The van der Waals surface area contributed by atoms with E-state index in [0.29, 0.717) is 18.1 Å². The molecule has 0 aliphatic carbocycles. The Morgan fingerprint density at radius 2 is 1.69 bits per heavy atom. The number of unbranched alkanes of at least 4 members (excludes halogenated alkanes) is 1. The Morgan fingerprint density at radius 1 is 0.905 bits per heavy atom. The van der Waals surface area contributed by atoms with E-state index >= 15 is 0 Å². The molecule has 3 aromatic carbocycles. The summed E-state index contributed by atoms with van der Waals surface area (Å²) in [5, 5.41) is 1.05. The molecule has 0 amide bonds. The molecule has 6 rings (SSSR count). The smallest absolute Gasteiger partial charge is 0.358 e. The van der Waals surface area contributed by atoms with Gasteiger partial charge in [0.15, 0.2) is 11.3 Å². The molecule has 0 spiro atoms. The minimum atomic E-state index is -1.23. The first-order chi connectivity index (χ1) is 20.5. The van der Waals surface area contributed by atoms with Gasteiger partial charge >= 0.3 is 5.97 Å². The highest BCUT2D eigenvalue weighted by molar-refractivity contribution is 5.97. The molecule has 6 nitrogen and oxygen atoms in total. The van der Waals surface area contributed by atoms with Crippen molar-refractivity contribution in [3.8, 4) is 5.75 Å². The molecule has 0 radical (unpaired) electrons. The van der Waals surface area contributed by atoms with Gasteiger partial charge in [-0.3, -0.25) is 0 Å². The van der Waals surface area contributed by atoms with Crippen LogP contribution < -0.4 is 9.64 Å². The van der Waals surface area contributed by atoms with Crippen molar-refractivity contribution >= 4 is 28.2 Å². The zero-order valence-corrected chi connectivity index (χ0v) is 24.8. The van der Waals surface area contributed by atoms with Gasteiger partial charge in [-0.2, -0.15) is 0 Å². The third-order valence-electron chi connectivity index (χ3n) is 8.32.